The Labute approximate surface area is 330 Å². The number of azide groups is 1. The van der Waals surface area contributed by atoms with E-state index in [0.29, 0.717) is 0 Å². The molecule has 296 valence electrons. The first-order valence-electron chi connectivity index (χ1n) is 19.4. The lowest BCUT2D eigenvalue weighted by atomic mass is 9.98. The van der Waals surface area contributed by atoms with Crippen molar-refractivity contribution in [1.82, 2.24) is 5.32 Å². The number of benzene rings is 4. The average molecular weight is 775 g/mol. The number of aliphatic carboxylic acids is 1. The van der Waals surface area contributed by atoms with Crippen LogP contribution in [0.4, 0.5) is 0 Å². The molecular weight excluding hydrogens is 729 g/mol. The number of carbonyl (C=O) groups excluding carboxylic acids is 1. The van der Waals surface area contributed by atoms with Gasteiger partial charge in [0.2, 0.25) is 5.91 Å². The van der Waals surface area contributed by atoms with E-state index in [2.05, 4.69) is 15.3 Å². The highest BCUT2D eigenvalue weighted by atomic mass is 16.6. The van der Waals surface area contributed by atoms with Crippen molar-refractivity contribution in [2.24, 2.45) is 28.8 Å². The fourth-order valence-electron chi connectivity index (χ4n) is 8.42. The van der Waals surface area contributed by atoms with Crippen LogP contribution in [0.2, 0.25) is 0 Å². The fraction of sp³-hybridized carbons (Fsp3) is 0.409. The van der Waals surface area contributed by atoms with Gasteiger partial charge in [0.05, 0.1) is 75.3 Å². The molecule has 1 amide bonds. The molecule has 2 aliphatic heterocycles. The third kappa shape index (κ3) is 9.06. The Bertz CT molecular complexity index is 1990. The van der Waals surface area contributed by atoms with Gasteiger partial charge in [0.15, 0.2) is 0 Å². The van der Waals surface area contributed by atoms with Gasteiger partial charge < -0.3 is 38.8 Å². The van der Waals surface area contributed by atoms with E-state index in [0.717, 1.165) is 22.3 Å². The van der Waals surface area contributed by atoms with Gasteiger partial charge in [-0.25, -0.2) is 0 Å². The molecule has 2 saturated carbocycles. The Hall–Kier alpha value is -5.11. The molecule has 0 radical (unpaired) electrons. The quantitative estimate of drug-likeness (QED) is 0.0714. The predicted octanol–water partition coefficient (Wildman–Crippen LogP) is 5.87. The van der Waals surface area contributed by atoms with Gasteiger partial charge in [-0.05, 0) is 27.8 Å². The van der Waals surface area contributed by atoms with Crippen LogP contribution in [0.5, 0.6) is 0 Å². The summed E-state index contributed by atoms with van der Waals surface area (Å²) < 4.78 is 39.0. The summed E-state index contributed by atoms with van der Waals surface area (Å²) in [6.45, 7) is 1.14. The molecule has 2 N–H and O–H groups in total. The Morgan fingerprint density at radius 2 is 0.982 bits per heavy atom. The van der Waals surface area contributed by atoms with Crippen LogP contribution in [0.3, 0.4) is 0 Å². The van der Waals surface area contributed by atoms with Gasteiger partial charge in [-0.2, -0.15) is 0 Å². The van der Waals surface area contributed by atoms with Crippen molar-refractivity contribution in [3.63, 3.8) is 0 Å². The van der Waals surface area contributed by atoms with E-state index in [1.807, 2.05) is 121 Å². The minimum absolute atomic E-state index is 0.00668. The van der Waals surface area contributed by atoms with Gasteiger partial charge in [0.1, 0.15) is 18.3 Å². The highest BCUT2D eigenvalue weighted by molar-refractivity contribution is 5.83. The van der Waals surface area contributed by atoms with Gasteiger partial charge in [0.25, 0.3) is 0 Å². The minimum atomic E-state index is -0.954. The van der Waals surface area contributed by atoms with Crippen LogP contribution in [-0.2, 0) is 64.4 Å². The van der Waals surface area contributed by atoms with Crippen molar-refractivity contribution < 1.29 is 43.1 Å². The molecule has 13 nitrogen and oxygen atoms in total. The molecule has 8 rings (SSSR count). The van der Waals surface area contributed by atoms with Crippen molar-refractivity contribution in [2.45, 2.75) is 75.3 Å². The number of nitrogens with zero attached hydrogens (tertiary/aromatic N) is 3. The SMILES string of the molecule is [N-]=[N+]=NC[C@H]1O[C@@H]2[C@@H](C(=O)NC[C@H]3O[C@@H]4[C@@H](C(=O)O)[C@@H]4[C@@H](OCc4ccccc4)[C@@H]3OCc3ccccc3)[C@@H]2[C@@H](OCc2ccccc2)[C@@H]1OCc1ccccc1. The van der Waals surface area contributed by atoms with E-state index in [4.69, 9.17) is 28.4 Å². The molecule has 4 aliphatic rings. The third-order valence-electron chi connectivity index (χ3n) is 11.3. The molecule has 2 saturated heterocycles. The highest BCUT2D eigenvalue weighted by Gasteiger charge is 2.68. The number of carbonyl (C=O) groups is 2. The summed E-state index contributed by atoms with van der Waals surface area (Å²) in [6.07, 6.45) is -4.86. The van der Waals surface area contributed by atoms with Crippen molar-refractivity contribution in [3.05, 3.63) is 154 Å². The topological polar surface area (TPSA) is 171 Å². The zero-order valence-corrected chi connectivity index (χ0v) is 31.3. The zero-order chi connectivity index (χ0) is 39.1. The Morgan fingerprint density at radius 3 is 1.42 bits per heavy atom. The predicted molar refractivity (Wildman–Crippen MR) is 206 cm³/mol. The molecule has 0 bridgehead atoms. The normalized spacial score (nSPS) is 30.9. The van der Waals surface area contributed by atoms with Gasteiger partial charge in [-0.3, -0.25) is 9.59 Å². The van der Waals surface area contributed by atoms with Gasteiger partial charge >= 0.3 is 5.97 Å². The number of fused-ring (bicyclic) bond motifs is 2. The average Bonchev–Trinajstić information content (AvgIpc) is 4.17. The first kappa shape index (κ1) is 38.7. The lowest BCUT2D eigenvalue weighted by Crippen LogP contribution is -2.53. The van der Waals surface area contributed by atoms with E-state index in [9.17, 15) is 20.2 Å². The van der Waals surface area contributed by atoms with Crippen molar-refractivity contribution in [2.75, 3.05) is 13.1 Å². The van der Waals surface area contributed by atoms with E-state index < -0.39 is 72.6 Å². The van der Waals surface area contributed by atoms with Gasteiger partial charge in [-0.1, -0.05) is 126 Å². The number of hydrogen-bond donors (Lipinski definition) is 2. The largest absolute Gasteiger partial charge is 0.481 e. The molecule has 4 aromatic carbocycles. The van der Waals surface area contributed by atoms with Crippen LogP contribution in [-0.4, -0.2) is 78.9 Å². The Balaban J connectivity index is 1.00. The lowest BCUT2D eigenvalue weighted by Gasteiger charge is -2.37. The smallest absolute Gasteiger partial charge is 0.309 e. The van der Waals surface area contributed by atoms with Crippen molar-refractivity contribution >= 4 is 11.9 Å². The third-order valence-corrected chi connectivity index (χ3v) is 11.3. The number of carboxylic acids is 1. The standard InChI is InChI=1S/C44H46N4O9/c45-48-47-22-32-38(53-24-28-15-7-2-8-16-28)41(54-25-29-17-9-3-10-18-29)33-35(39(33)57-32)43(49)46-21-31-37(52-23-27-13-5-1-6-14-27)42(34-36(44(50)51)40(34)56-31)55-26-30-19-11-4-12-20-30/h1-20,31-42H,21-26H2,(H,46,49)(H,50,51)/t31-,32-,33+,34+,35+,36+,37-,38-,39+,40+,41-,42-/m1/s1. The maximum Gasteiger partial charge on any atom is 0.309 e. The molecule has 4 fully saturated rings. The minimum Gasteiger partial charge on any atom is -0.481 e. The summed E-state index contributed by atoms with van der Waals surface area (Å²) in [7, 11) is 0. The number of ether oxygens (including phenoxy) is 6. The number of rotatable bonds is 18. The molecule has 4 aromatic rings. The fourth-order valence-corrected chi connectivity index (χ4v) is 8.42. The summed E-state index contributed by atoms with van der Waals surface area (Å²) in [5.41, 5.74) is 13.0. The maximum absolute atomic E-state index is 14.2. The number of carboxylic acid groups (broad SMARTS) is 1. The van der Waals surface area contributed by atoms with Crippen LogP contribution in [0, 0.1) is 23.7 Å². The van der Waals surface area contributed by atoms with Gasteiger partial charge in [0, 0.05) is 23.3 Å². The molecule has 57 heavy (non-hydrogen) atoms. The molecular formula is C44H46N4O9. The second-order valence-corrected chi connectivity index (χ2v) is 15.0. The number of hydrogen-bond acceptors (Lipinski definition) is 9. The highest BCUT2D eigenvalue weighted by Crippen LogP contribution is 2.53. The molecule has 2 aliphatic carbocycles. The van der Waals surface area contributed by atoms with Crippen LogP contribution in [0.15, 0.2) is 126 Å². The molecule has 0 unspecified atom stereocenters. The Morgan fingerprint density at radius 1 is 0.596 bits per heavy atom. The second-order valence-electron chi connectivity index (χ2n) is 15.0. The molecule has 12 atom stereocenters. The molecule has 0 aromatic heterocycles. The maximum atomic E-state index is 14.2. The summed E-state index contributed by atoms with van der Waals surface area (Å²) >= 11 is 0. The zero-order valence-electron chi connectivity index (χ0n) is 31.3. The summed E-state index contributed by atoms with van der Waals surface area (Å²) in [6, 6.07) is 38.9. The monoisotopic (exact) mass is 774 g/mol. The molecule has 13 heteroatoms. The molecule has 2 heterocycles. The molecule has 0 spiro atoms. The van der Waals surface area contributed by atoms with E-state index >= 15 is 0 Å². The summed E-state index contributed by atoms with van der Waals surface area (Å²) in [4.78, 5) is 29.5. The number of nitrogens with one attached hydrogen (secondary N) is 1. The van der Waals surface area contributed by atoms with E-state index in [1.165, 1.54) is 0 Å². The van der Waals surface area contributed by atoms with Gasteiger partial charge in [-0.15, -0.1) is 0 Å². The van der Waals surface area contributed by atoms with Crippen LogP contribution in [0.1, 0.15) is 22.3 Å². The number of amides is 1. The van der Waals surface area contributed by atoms with E-state index in [-0.39, 0.29) is 51.3 Å². The van der Waals surface area contributed by atoms with Crippen LogP contribution in [0.25, 0.3) is 10.4 Å². The van der Waals surface area contributed by atoms with Crippen molar-refractivity contribution in [1.29, 1.82) is 0 Å². The van der Waals surface area contributed by atoms with Crippen LogP contribution < -0.4 is 5.32 Å². The lowest BCUT2D eigenvalue weighted by molar-refractivity contribution is -0.186. The first-order chi connectivity index (χ1) is 28.0. The first-order valence-corrected chi connectivity index (χ1v) is 19.4. The Kier molecular flexibility index (Phi) is 12.2. The van der Waals surface area contributed by atoms with E-state index in [1.54, 1.807) is 0 Å². The second kappa shape index (κ2) is 18.0. The van der Waals surface area contributed by atoms with Crippen molar-refractivity contribution in [3.8, 4) is 0 Å². The van der Waals surface area contributed by atoms with Crippen LogP contribution >= 0.6 is 0 Å². The summed E-state index contributed by atoms with van der Waals surface area (Å²) in [5, 5.41) is 17.0. The summed E-state index contributed by atoms with van der Waals surface area (Å²) in [5.74, 6) is -3.28.